The molecule has 1 amide bonds. The summed E-state index contributed by atoms with van der Waals surface area (Å²) in [5, 5.41) is 0. The monoisotopic (exact) mass is 271 g/mol. The fraction of sp³-hybridized carbons (Fsp3) is 0.929. The van der Waals surface area contributed by atoms with E-state index >= 15 is 0 Å². The third-order valence-electron chi connectivity index (χ3n) is 3.90. The molecule has 0 bridgehead atoms. The number of nitrogens with zero attached hydrogens (tertiary/aromatic N) is 2. The van der Waals surface area contributed by atoms with Crippen LogP contribution in [0, 0.1) is 0 Å². The van der Waals surface area contributed by atoms with Crippen LogP contribution in [-0.2, 0) is 4.74 Å². The van der Waals surface area contributed by atoms with Gasteiger partial charge in [-0.15, -0.1) is 0 Å². The summed E-state index contributed by atoms with van der Waals surface area (Å²) in [5.41, 5.74) is 5.53. The topological polar surface area (TPSA) is 58.8 Å². The van der Waals surface area contributed by atoms with Gasteiger partial charge >= 0.3 is 6.09 Å². The van der Waals surface area contributed by atoms with E-state index in [-0.39, 0.29) is 11.6 Å². The van der Waals surface area contributed by atoms with Gasteiger partial charge in [-0.05, 0) is 54.1 Å². The lowest BCUT2D eigenvalue weighted by atomic mass is 9.89. The quantitative estimate of drug-likeness (QED) is 0.830. The van der Waals surface area contributed by atoms with Gasteiger partial charge in [0.25, 0.3) is 0 Å². The number of hydrogen-bond donors (Lipinski definition) is 1. The lowest BCUT2D eigenvalue weighted by Gasteiger charge is -2.38. The minimum Gasteiger partial charge on any atom is -0.444 e. The molecule has 0 aromatic heterocycles. The highest BCUT2D eigenvalue weighted by molar-refractivity contribution is 5.68. The molecule has 1 fully saturated rings. The summed E-state index contributed by atoms with van der Waals surface area (Å²) in [6.45, 7) is 7.78. The molecule has 5 heteroatoms. The summed E-state index contributed by atoms with van der Waals surface area (Å²) in [6.07, 6.45) is 2.68. The molecule has 1 saturated heterocycles. The smallest absolute Gasteiger partial charge is 0.410 e. The second-order valence-corrected chi connectivity index (χ2v) is 6.64. The molecular formula is C14H29N3O2. The molecule has 5 nitrogen and oxygen atoms in total. The van der Waals surface area contributed by atoms with E-state index in [4.69, 9.17) is 10.5 Å². The Hall–Kier alpha value is -0.810. The average molecular weight is 271 g/mol. The Labute approximate surface area is 117 Å². The van der Waals surface area contributed by atoms with Gasteiger partial charge in [0.2, 0.25) is 0 Å². The predicted octanol–water partition coefficient (Wildman–Crippen LogP) is 1.67. The van der Waals surface area contributed by atoms with Crippen molar-refractivity contribution in [3.63, 3.8) is 0 Å². The van der Waals surface area contributed by atoms with E-state index in [0.717, 1.165) is 25.8 Å². The van der Waals surface area contributed by atoms with Gasteiger partial charge in [-0.2, -0.15) is 0 Å². The largest absolute Gasteiger partial charge is 0.444 e. The first kappa shape index (κ1) is 16.2. The molecule has 0 radical (unpaired) electrons. The van der Waals surface area contributed by atoms with Crippen molar-refractivity contribution in [1.82, 2.24) is 9.80 Å². The van der Waals surface area contributed by atoms with E-state index in [1.54, 1.807) is 0 Å². The number of nitrogens with two attached hydrogens (primary N) is 1. The molecular weight excluding hydrogens is 242 g/mol. The molecule has 1 rings (SSSR count). The normalized spacial score (nSPS) is 25.3. The zero-order valence-electron chi connectivity index (χ0n) is 13.0. The van der Waals surface area contributed by atoms with Crippen molar-refractivity contribution in [3.8, 4) is 0 Å². The molecule has 0 aliphatic carbocycles. The Morgan fingerprint density at radius 3 is 2.42 bits per heavy atom. The predicted molar refractivity (Wildman–Crippen MR) is 77.1 cm³/mol. The summed E-state index contributed by atoms with van der Waals surface area (Å²) in [7, 11) is 4.13. The highest BCUT2D eigenvalue weighted by Gasteiger charge is 2.35. The summed E-state index contributed by atoms with van der Waals surface area (Å²) >= 11 is 0. The minimum atomic E-state index is -0.435. The maximum atomic E-state index is 12.1. The zero-order valence-corrected chi connectivity index (χ0v) is 13.0. The van der Waals surface area contributed by atoms with E-state index < -0.39 is 5.60 Å². The molecule has 0 spiro atoms. The van der Waals surface area contributed by atoms with Crippen LogP contribution in [0.2, 0.25) is 0 Å². The minimum absolute atomic E-state index is 0.0107. The second kappa shape index (κ2) is 6.09. The number of hydrogen-bond acceptors (Lipinski definition) is 4. The number of likely N-dealkylation sites (tertiary alicyclic amines) is 1. The lowest BCUT2D eigenvalue weighted by Crippen LogP contribution is -2.51. The Balaban J connectivity index is 2.66. The van der Waals surface area contributed by atoms with E-state index in [9.17, 15) is 4.79 Å². The molecule has 112 valence electrons. The summed E-state index contributed by atoms with van der Waals surface area (Å²) in [6, 6.07) is 0. The summed E-state index contributed by atoms with van der Waals surface area (Å²) in [4.78, 5) is 16.1. The standard InChI is InChI=1S/C14H29N3O2/c1-13(2,3)19-12(18)17-9-6-7-14(11-15,8-10-17)16(4)5/h6-11,15H2,1-5H3. The number of carbonyl (C=O) groups is 1. The van der Waals surface area contributed by atoms with Gasteiger partial charge in [0.15, 0.2) is 0 Å². The maximum Gasteiger partial charge on any atom is 0.410 e. The molecule has 1 atom stereocenters. The van der Waals surface area contributed by atoms with Gasteiger partial charge in [0.1, 0.15) is 5.60 Å². The van der Waals surface area contributed by atoms with Crippen LogP contribution in [-0.4, -0.2) is 60.8 Å². The van der Waals surface area contributed by atoms with Crippen molar-refractivity contribution in [2.24, 2.45) is 5.73 Å². The number of carbonyl (C=O) groups excluding carboxylic acids is 1. The van der Waals surface area contributed by atoms with Crippen LogP contribution >= 0.6 is 0 Å². The average Bonchev–Trinajstić information content (AvgIpc) is 2.49. The Bertz CT molecular complexity index is 312. The van der Waals surface area contributed by atoms with E-state index in [2.05, 4.69) is 19.0 Å². The van der Waals surface area contributed by atoms with Gasteiger partial charge in [-0.3, -0.25) is 0 Å². The Morgan fingerprint density at radius 2 is 1.95 bits per heavy atom. The maximum absolute atomic E-state index is 12.1. The van der Waals surface area contributed by atoms with Crippen LogP contribution < -0.4 is 5.73 Å². The highest BCUT2D eigenvalue weighted by Crippen LogP contribution is 2.26. The van der Waals surface area contributed by atoms with Gasteiger partial charge < -0.3 is 20.3 Å². The van der Waals surface area contributed by atoms with E-state index in [0.29, 0.717) is 13.1 Å². The van der Waals surface area contributed by atoms with Crippen LogP contribution in [0.1, 0.15) is 40.0 Å². The molecule has 0 aromatic rings. The van der Waals surface area contributed by atoms with Crippen molar-refractivity contribution < 1.29 is 9.53 Å². The summed E-state index contributed by atoms with van der Waals surface area (Å²) < 4.78 is 5.44. The molecule has 0 aromatic carbocycles. The number of amides is 1. The lowest BCUT2D eigenvalue weighted by molar-refractivity contribution is 0.0247. The first-order chi connectivity index (χ1) is 8.70. The van der Waals surface area contributed by atoms with Crippen molar-refractivity contribution in [1.29, 1.82) is 0 Å². The molecule has 1 unspecified atom stereocenters. The first-order valence-corrected chi connectivity index (χ1v) is 7.06. The Morgan fingerprint density at radius 1 is 1.32 bits per heavy atom. The zero-order chi connectivity index (χ0) is 14.7. The third-order valence-corrected chi connectivity index (χ3v) is 3.90. The van der Waals surface area contributed by atoms with Gasteiger partial charge in [-0.25, -0.2) is 4.79 Å². The molecule has 1 heterocycles. The van der Waals surface area contributed by atoms with E-state index in [1.165, 1.54) is 0 Å². The molecule has 2 N–H and O–H groups in total. The number of rotatable bonds is 2. The number of likely N-dealkylation sites (N-methyl/N-ethyl adjacent to an activating group) is 1. The van der Waals surface area contributed by atoms with Crippen molar-refractivity contribution in [2.75, 3.05) is 33.7 Å². The van der Waals surface area contributed by atoms with Crippen LogP contribution in [0.15, 0.2) is 0 Å². The van der Waals surface area contributed by atoms with Crippen molar-refractivity contribution in [3.05, 3.63) is 0 Å². The first-order valence-electron chi connectivity index (χ1n) is 7.06. The molecule has 1 aliphatic rings. The van der Waals surface area contributed by atoms with Crippen molar-refractivity contribution >= 4 is 6.09 Å². The van der Waals surface area contributed by atoms with Crippen LogP contribution in [0.4, 0.5) is 4.79 Å². The highest BCUT2D eigenvalue weighted by atomic mass is 16.6. The molecule has 0 saturated carbocycles. The van der Waals surface area contributed by atoms with Gasteiger partial charge in [0, 0.05) is 25.2 Å². The second-order valence-electron chi connectivity index (χ2n) is 6.64. The van der Waals surface area contributed by atoms with Crippen LogP contribution in [0.25, 0.3) is 0 Å². The fourth-order valence-electron chi connectivity index (χ4n) is 2.52. The number of ether oxygens (including phenoxy) is 1. The van der Waals surface area contributed by atoms with Crippen LogP contribution in [0.3, 0.4) is 0 Å². The Kier molecular flexibility index (Phi) is 5.21. The van der Waals surface area contributed by atoms with Gasteiger partial charge in [-0.1, -0.05) is 0 Å². The van der Waals surface area contributed by atoms with Crippen LogP contribution in [0.5, 0.6) is 0 Å². The third kappa shape index (κ3) is 4.35. The molecule has 1 aliphatic heterocycles. The summed E-state index contributed by atoms with van der Waals surface area (Å²) in [5.74, 6) is 0. The fourth-order valence-corrected chi connectivity index (χ4v) is 2.52. The SMILES string of the molecule is CN(C)C1(CN)CCCN(C(=O)OC(C)(C)C)CC1. The van der Waals surface area contributed by atoms with Gasteiger partial charge in [0.05, 0.1) is 0 Å². The van der Waals surface area contributed by atoms with E-state index in [1.807, 2.05) is 25.7 Å². The molecule has 19 heavy (non-hydrogen) atoms. The van der Waals surface area contributed by atoms with Crippen molar-refractivity contribution in [2.45, 2.75) is 51.2 Å².